The van der Waals surface area contributed by atoms with Crippen LogP contribution in [0.15, 0.2) is 0 Å². The van der Waals surface area contributed by atoms with Crippen molar-refractivity contribution in [3.63, 3.8) is 0 Å². The molecule has 1 aliphatic heterocycles. The molecule has 0 radical (unpaired) electrons. The number of carboxylic acids is 1. The third-order valence-corrected chi connectivity index (χ3v) is 2.83. The Morgan fingerprint density at radius 3 is 2.35 bits per heavy atom. The van der Waals surface area contributed by atoms with Gasteiger partial charge in [0.05, 0.1) is 0 Å². The summed E-state index contributed by atoms with van der Waals surface area (Å²) in [6, 6.07) is -1.22. The first-order chi connectivity index (χ1) is 7.59. The van der Waals surface area contributed by atoms with Crippen LogP contribution in [0.25, 0.3) is 0 Å². The minimum Gasteiger partial charge on any atom is -0.480 e. The van der Waals surface area contributed by atoms with Crippen LogP contribution in [0.5, 0.6) is 0 Å². The Kier molecular flexibility index (Phi) is 3.37. The van der Waals surface area contributed by atoms with Gasteiger partial charge in [0, 0.05) is 6.54 Å². The number of rotatable bonds is 2. The molecule has 0 bridgehead atoms. The zero-order valence-electron chi connectivity index (χ0n) is 9.12. The fourth-order valence-electron chi connectivity index (χ4n) is 1.69. The van der Waals surface area contributed by atoms with E-state index in [1.165, 1.54) is 0 Å². The number of likely N-dealkylation sites (tertiary alicyclic amines) is 1. The van der Waals surface area contributed by atoms with Crippen molar-refractivity contribution < 1.29 is 27.9 Å². The normalized spacial score (nSPS) is 24.5. The van der Waals surface area contributed by atoms with Gasteiger partial charge in [-0.2, -0.15) is 13.2 Å². The number of hydrogen-bond acceptors (Lipinski definition) is 3. The van der Waals surface area contributed by atoms with Crippen LogP contribution < -0.4 is 5.73 Å². The summed E-state index contributed by atoms with van der Waals surface area (Å²) in [5.74, 6) is -2.70. The first kappa shape index (κ1) is 13.8. The van der Waals surface area contributed by atoms with Crippen molar-refractivity contribution >= 4 is 11.9 Å². The molecule has 1 fully saturated rings. The minimum absolute atomic E-state index is 0.0152. The van der Waals surface area contributed by atoms with E-state index in [9.17, 15) is 22.8 Å². The number of carbonyl (C=O) groups is 2. The maximum atomic E-state index is 12.5. The second kappa shape index (κ2) is 4.17. The molecule has 1 amide bonds. The van der Waals surface area contributed by atoms with Crippen LogP contribution >= 0.6 is 0 Å². The maximum absolute atomic E-state index is 12.5. The summed E-state index contributed by atoms with van der Waals surface area (Å²) in [5.41, 5.74) is 1.92. The average Bonchev–Trinajstić information content (AvgIpc) is 2.62. The maximum Gasteiger partial charge on any atom is 0.415 e. The van der Waals surface area contributed by atoms with E-state index < -0.39 is 29.6 Å². The van der Waals surface area contributed by atoms with E-state index in [-0.39, 0.29) is 13.0 Å². The van der Waals surface area contributed by atoms with Crippen LogP contribution in [0.2, 0.25) is 0 Å². The van der Waals surface area contributed by atoms with E-state index in [1.807, 2.05) is 0 Å². The molecule has 1 heterocycles. The number of alkyl halides is 3. The van der Waals surface area contributed by atoms with Gasteiger partial charge < -0.3 is 15.7 Å². The quantitative estimate of drug-likeness (QED) is 0.744. The fraction of sp³-hybridized carbons (Fsp3) is 0.778. The van der Waals surface area contributed by atoms with Crippen molar-refractivity contribution in [3.8, 4) is 0 Å². The molecule has 1 saturated heterocycles. The molecule has 2 atom stereocenters. The number of carbonyl (C=O) groups excluding carboxylic acids is 1. The molecule has 8 heteroatoms. The van der Waals surface area contributed by atoms with Gasteiger partial charge in [-0.1, -0.05) is 0 Å². The molecule has 1 unspecified atom stereocenters. The Hall–Kier alpha value is -1.31. The number of amides is 1. The molecular formula is C9H13F3N2O3. The number of halogens is 3. The monoisotopic (exact) mass is 254 g/mol. The van der Waals surface area contributed by atoms with E-state index in [2.05, 4.69) is 0 Å². The lowest BCUT2D eigenvalue weighted by atomic mass is 10.0. The smallest absolute Gasteiger partial charge is 0.415 e. The topological polar surface area (TPSA) is 83.6 Å². The fourth-order valence-corrected chi connectivity index (χ4v) is 1.69. The lowest BCUT2D eigenvalue weighted by molar-refractivity contribution is -0.195. The largest absolute Gasteiger partial charge is 0.480 e. The predicted octanol–water partition coefficient (Wildman–Crippen LogP) is 0.342. The highest BCUT2D eigenvalue weighted by atomic mass is 19.4. The Labute approximate surface area is 95.4 Å². The molecule has 0 aromatic carbocycles. The summed E-state index contributed by atoms with van der Waals surface area (Å²) in [4.78, 5) is 23.1. The summed E-state index contributed by atoms with van der Waals surface area (Å²) < 4.78 is 37.6. The molecule has 0 spiro atoms. The van der Waals surface area contributed by atoms with Gasteiger partial charge in [0.1, 0.15) is 6.04 Å². The van der Waals surface area contributed by atoms with Crippen LogP contribution in [-0.4, -0.2) is 46.2 Å². The average molecular weight is 254 g/mol. The van der Waals surface area contributed by atoms with Gasteiger partial charge in [-0.3, -0.25) is 4.79 Å². The zero-order valence-corrected chi connectivity index (χ0v) is 9.12. The summed E-state index contributed by atoms with van der Waals surface area (Å²) in [6.07, 6.45) is -4.40. The third-order valence-electron chi connectivity index (χ3n) is 2.83. The van der Waals surface area contributed by atoms with Crippen molar-refractivity contribution in [2.75, 3.05) is 6.54 Å². The Balaban J connectivity index is 2.94. The van der Waals surface area contributed by atoms with Crippen LogP contribution in [0.1, 0.15) is 19.8 Å². The standard InChI is InChI=1S/C9H13F3N2O3/c1-8(13,9(10,11)12)7(17)14-4-2-3-5(14)6(15)16/h5H,2-4,13H2,1H3,(H,15,16)/t5-,8?/m1/s1. The molecule has 3 N–H and O–H groups in total. The molecule has 0 aliphatic carbocycles. The van der Waals surface area contributed by atoms with Crippen molar-refractivity contribution in [1.82, 2.24) is 4.90 Å². The summed E-state index contributed by atoms with van der Waals surface area (Å²) in [7, 11) is 0. The van der Waals surface area contributed by atoms with Crippen molar-refractivity contribution in [2.45, 2.75) is 37.5 Å². The molecule has 0 aromatic heterocycles. The summed E-state index contributed by atoms with van der Waals surface area (Å²) >= 11 is 0. The van der Waals surface area contributed by atoms with Crippen molar-refractivity contribution in [1.29, 1.82) is 0 Å². The van der Waals surface area contributed by atoms with Gasteiger partial charge in [0.25, 0.3) is 5.91 Å². The number of nitrogens with zero attached hydrogens (tertiary/aromatic N) is 1. The zero-order chi connectivity index (χ0) is 13.4. The highest BCUT2D eigenvalue weighted by Crippen LogP contribution is 2.31. The molecule has 1 aliphatic rings. The highest BCUT2D eigenvalue weighted by Gasteiger charge is 2.57. The Bertz CT molecular complexity index is 341. The van der Waals surface area contributed by atoms with E-state index in [4.69, 9.17) is 10.8 Å². The number of aliphatic carboxylic acids is 1. The van der Waals surface area contributed by atoms with Crippen LogP contribution in [0.3, 0.4) is 0 Å². The second-order valence-corrected chi connectivity index (χ2v) is 4.19. The molecule has 5 nitrogen and oxygen atoms in total. The van der Waals surface area contributed by atoms with E-state index in [0.717, 1.165) is 0 Å². The lowest BCUT2D eigenvalue weighted by Gasteiger charge is -2.32. The van der Waals surface area contributed by atoms with E-state index >= 15 is 0 Å². The number of nitrogens with two attached hydrogens (primary N) is 1. The van der Waals surface area contributed by atoms with Gasteiger partial charge in [-0.15, -0.1) is 0 Å². The van der Waals surface area contributed by atoms with E-state index in [0.29, 0.717) is 18.2 Å². The second-order valence-electron chi connectivity index (χ2n) is 4.19. The number of hydrogen-bond donors (Lipinski definition) is 2. The van der Waals surface area contributed by atoms with Gasteiger partial charge in [-0.05, 0) is 19.8 Å². The molecule has 0 aromatic rings. The first-order valence-electron chi connectivity index (χ1n) is 4.98. The van der Waals surface area contributed by atoms with Crippen molar-refractivity contribution in [3.05, 3.63) is 0 Å². The van der Waals surface area contributed by atoms with Gasteiger partial charge in [0.15, 0.2) is 5.54 Å². The molecule has 17 heavy (non-hydrogen) atoms. The Morgan fingerprint density at radius 2 is 1.94 bits per heavy atom. The molecular weight excluding hydrogens is 241 g/mol. The highest BCUT2D eigenvalue weighted by molar-refractivity contribution is 5.90. The van der Waals surface area contributed by atoms with Crippen LogP contribution in [0, 0.1) is 0 Å². The predicted molar refractivity (Wildman–Crippen MR) is 51.0 cm³/mol. The van der Waals surface area contributed by atoms with E-state index in [1.54, 1.807) is 0 Å². The van der Waals surface area contributed by atoms with Gasteiger partial charge in [0.2, 0.25) is 0 Å². The summed E-state index contributed by atoms with van der Waals surface area (Å²) in [6.45, 7) is 0.533. The van der Waals surface area contributed by atoms with Crippen LogP contribution in [0.4, 0.5) is 13.2 Å². The minimum atomic E-state index is -4.91. The third kappa shape index (κ3) is 2.36. The number of carboxylic acid groups (broad SMARTS) is 1. The molecule has 1 rings (SSSR count). The SMILES string of the molecule is CC(N)(C(=O)N1CCC[C@@H]1C(=O)O)C(F)(F)F. The lowest BCUT2D eigenvalue weighted by Crippen LogP contribution is -2.63. The van der Waals surface area contributed by atoms with Gasteiger partial charge >= 0.3 is 12.1 Å². The summed E-state index contributed by atoms with van der Waals surface area (Å²) in [5, 5.41) is 8.79. The van der Waals surface area contributed by atoms with Crippen molar-refractivity contribution in [2.24, 2.45) is 5.73 Å². The Morgan fingerprint density at radius 1 is 1.41 bits per heavy atom. The van der Waals surface area contributed by atoms with Crippen LogP contribution in [-0.2, 0) is 9.59 Å². The van der Waals surface area contributed by atoms with Gasteiger partial charge in [-0.25, -0.2) is 4.79 Å². The first-order valence-corrected chi connectivity index (χ1v) is 4.98. The molecule has 98 valence electrons. The molecule has 0 saturated carbocycles.